The molecule has 3 aromatic rings. The van der Waals surface area contributed by atoms with Crippen LogP contribution in [-0.4, -0.2) is 36.2 Å². The molecule has 0 N–H and O–H groups in total. The first-order valence-corrected chi connectivity index (χ1v) is 12.8. The predicted molar refractivity (Wildman–Crippen MR) is 136 cm³/mol. The zero-order valence-corrected chi connectivity index (χ0v) is 19.0. The van der Waals surface area contributed by atoms with Crippen LogP contribution in [0.25, 0.3) is 16.3 Å². The van der Waals surface area contributed by atoms with Crippen LogP contribution in [0.2, 0.25) is 0 Å². The molecule has 2 aliphatic heterocycles. The van der Waals surface area contributed by atoms with E-state index in [9.17, 15) is 4.79 Å². The normalized spacial score (nSPS) is 17.3. The monoisotopic (exact) mass is 438 g/mol. The number of thioether (sulfide) groups is 1. The average molecular weight is 439 g/mol. The van der Waals surface area contributed by atoms with Gasteiger partial charge >= 0.3 is 0 Å². The Morgan fingerprint density at radius 3 is 2.50 bits per heavy atom. The number of hydrogen-bond acceptors (Lipinski definition) is 3. The van der Waals surface area contributed by atoms with Crippen LogP contribution in [0.15, 0.2) is 71.2 Å². The number of amides is 1. The Bertz CT molecular complexity index is 1270. The quantitative estimate of drug-likeness (QED) is 0.449. The number of rotatable bonds is 6. The molecule has 0 saturated carbocycles. The predicted octanol–water partition coefficient (Wildman–Crippen LogP) is 5.90. The fraction of sp³-hybridized carbons (Fsp3) is 0.286. The van der Waals surface area contributed by atoms with Gasteiger partial charge in [0.2, 0.25) is 0 Å². The maximum Gasteiger partial charge on any atom is 0.274 e. The molecule has 2 heterocycles. The number of benzene rings is 3. The zero-order valence-electron chi connectivity index (χ0n) is 18.1. The van der Waals surface area contributed by atoms with Crippen molar-refractivity contribution < 1.29 is 4.79 Å². The number of hydrogen-bond donors (Lipinski definition) is 0. The number of carbonyl (C=O) groups excluding carboxylic acids is 1. The summed E-state index contributed by atoms with van der Waals surface area (Å²) in [5.41, 5.74) is 7.93. The molecule has 160 valence electrons. The second kappa shape index (κ2) is 8.25. The van der Waals surface area contributed by atoms with Crippen molar-refractivity contribution in [2.45, 2.75) is 25.7 Å². The van der Waals surface area contributed by atoms with Gasteiger partial charge in [0.15, 0.2) is 0 Å². The van der Waals surface area contributed by atoms with E-state index in [1.807, 2.05) is 11.8 Å². The minimum absolute atomic E-state index is 0.0329. The summed E-state index contributed by atoms with van der Waals surface area (Å²) in [6.07, 6.45) is 3.94. The van der Waals surface area contributed by atoms with Gasteiger partial charge in [-0.25, -0.2) is 4.99 Å². The second-order valence-electron chi connectivity index (χ2n) is 8.77. The van der Waals surface area contributed by atoms with E-state index in [4.69, 9.17) is 0 Å². The van der Waals surface area contributed by atoms with Gasteiger partial charge in [-0.3, -0.25) is 4.79 Å². The fourth-order valence-corrected chi connectivity index (χ4v) is 6.25. The molecule has 0 radical (unpaired) electrons. The van der Waals surface area contributed by atoms with Gasteiger partial charge in [0.1, 0.15) is 0 Å². The molecule has 3 nitrogen and oxygen atoms in total. The lowest BCUT2D eigenvalue weighted by atomic mass is 9.96. The van der Waals surface area contributed by atoms with Gasteiger partial charge in [0.05, 0.1) is 5.71 Å². The van der Waals surface area contributed by atoms with Crippen LogP contribution in [0.4, 0.5) is 5.69 Å². The van der Waals surface area contributed by atoms with Gasteiger partial charge < -0.3 is 4.90 Å². The molecule has 3 aromatic carbocycles. The Kier molecular flexibility index (Phi) is 5.11. The topological polar surface area (TPSA) is 32.7 Å². The number of aryl methyl sites for hydroxylation is 1. The van der Waals surface area contributed by atoms with E-state index >= 15 is 0 Å². The summed E-state index contributed by atoms with van der Waals surface area (Å²) in [6.45, 7) is 2.19. The van der Waals surface area contributed by atoms with E-state index in [1.54, 1.807) is 0 Å². The van der Waals surface area contributed by atoms with E-state index in [-0.39, 0.29) is 5.91 Å². The summed E-state index contributed by atoms with van der Waals surface area (Å²) in [4.78, 5) is 19.9. The highest BCUT2D eigenvalue weighted by molar-refractivity contribution is 7.99. The van der Waals surface area contributed by atoms with Crippen LogP contribution in [0.1, 0.15) is 36.0 Å². The molecule has 1 fully saturated rings. The van der Waals surface area contributed by atoms with Crippen molar-refractivity contribution in [1.29, 1.82) is 0 Å². The van der Waals surface area contributed by atoms with E-state index < -0.39 is 0 Å². The number of aliphatic imine (C=N–C) groups is 1. The Morgan fingerprint density at radius 1 is 0.844 bits per heavy atom. The summed E-state index contributed by atoms with van der Waals surface area (Å²) < 4.78 is 0. The molecule has 0 aromatic heterocycles. The van der Waals surface area contributed by atoms with Crippen molar-refractivity contribution in [3.05, 3.63) is 82.9 Å². The van der Waals surface area contributed by atoms with Gasteiger partial charge in [0.25, 0.3) is 5.91 Å². The molecule has 3 aliphatic rings. The van der Waals surface area contributed by atoms with Crippen molar-refractivity contribution in [2.24, 2.45) is 4.99 Å². The lowest BCUT2D eigenvalue weighted by Crippen LogP contribution is -2.32. The molecule has 1 saturated heterocycles. The SMILES string of the molecule is O=C1N=C2C(=C1CCCCc1ccccc1)c1ccc(N3CCSCC3)c3cccc2c13. The first-order chi connectivity index (χ1) is 15.8. The van der Waals surface area contributed by atoms with E-state index in [1.165, 1.54) is 39.1 Å². The number of anilines is 1. The molecular formula is C28H26N2OS. The molecule has 1 amide bonds. The highest BCUT2D eigenvalue weighted by atomic mass is 32.2. The van der Waals surface area contributed by atoms with E-state index in [0.717, 1.165) is 61.2 Å². The molecule has 4 heteroatoms. The highest BCUT2D eigenvalue weighted by Gasteiger charge is 2.35. The molecule has 0 bridgehead atoms. The minimum atomic E-state index is -0.0329. The van der Waals surface area contributed by atoms with Gasteiger partial charge in [-0.1, -0.05) is 54.6 Å². The number of fused-ring (bicyclic) bond motifs is 3. The number of carbonyl (C=O) groups is 1. The van der Waals surface area contributed by atoms with Crippen LogP contribution >= 0.6 is 11.8 Å². The first kappa shape index (κ1) is 19.8. The van der Waals surface area contributed by atoms with Crippen LogP contribution in [0, 0.1) is 0 Å². The van der Waals surface area contributed by atoms with Gasteiger partial charge in [-0.15, -0.1) is 0 Å². The van der Waals surface area contributed by atoms with Crippen molar-refractivity contribution in [1.82, 2.24) is 0 Å². The minimum Gasteiger partial charge on any atom is -0.369 e. The zero-order chi connectivity index (χ0) is 21.5. The van der Waals surface area contributed by atoms with Crippen LogP contribution in [0.3, 0.4) is 0 Å². The summed E-state index contributed by atoms with van der Waals surface area (Å²) in [7, 11) is 0. The third-order valence-corrected chi connectivity index (χ3v) is 7.83. The number of unbranched alkanes of at least 4 members (excludes halogenated alkanes) is 1. The van der Waals surface area contributed by atoms with Crippen molar-refractivity contribution in [2.75, 3.05) is 29.5 Å². The van der Waals surface area contributed by atoms with Crippen molar-refractivity contribution in [3.8, 4) is 0 Å². The Balaban J connectivity index is 1.32. The fourth-order valence-electron chi connectivity index (χ4n) is 5.34. The van der Waals surface area contributed by atoms with Gasteiger partial charge in [0, 0.05) is 57.8 Å². The largest absolute Gasteiger partial charge is 0.369 e. The number of allylic oxidation sites excluding steroid dienone is 1. The summed E-state index contributed by atoms with van der Waals surface area (Å²) in [5, 5.41) is 2.58. The summed E-state index contributed by atoms with van der Waals surface area (Å²) in [5.74, 6) is 2.33. The maximum absolute atomic E-state index is 12.8. The molecule has 0 spiro atoms. The van der Waals surface area contributed by atoms with Gasteiger partial charge in [-0.05, 0) is 42.9 Å². The lowest BCUT2D eigenvalue weighted by Gasteiger charge is -2.29. The first-order valence-electron chi connectivity index (χ1n) is 11.6. The summed E-state index contributed by atoms with van der Waals surface area (Å²) >= 11 is 2.03. The number of nitrogens with zero attached hydrogens (tertiary/aromatic N) is 2. The lowest BCUT2D eigenvalue weighted by molar-refractivity contribution is -0.114. The maximum atomic E-state index is 12.8. The van der Waals surface area contributed by atoms with Crippen LogP contribution < -0.4 is 4.90 Å². The molecule has 1 aliphatic carbocycles. The standard InChI is InChI=1S/C28H26N2OS/c31-28-23(10-5-4-9-19-7-2-1-3-8-19)26-21-13-14-24(30-15-17-32-18-16-30)20-11-6-12-22(25(20)21)27(26)29-28/h1-3,6-8,11-14H,4-5,9-10,15-18H2. The van der Waals surface area contributed by atoms with Crippen molar-refractivity contribution >= 4 is 45.4 Å². The smallest absolute Gasteiger partial charge is 0.274 e. The third kappa shape index (κ3) is 3.29. The Hall–Kier alpha value is -2.85. The highest BCUT2D eigenvalue weighted by Crippen LogP contribution is 2.46. The van der Waals surface area contributed by atoms with Crippen LogP contribution in [0.5, 0.6) is 0 Å². The third-order valence-electron chi connectivity index (χ3n) is 6.89. The van der Waals surface area contributed by atoms with E-state index in [2.05, 4.69) is 70.6 Å². The van der Waals surface area contributed by atoms with E-state index in [0.29, 0.717) is 0 Å². The molecule has 0 atom stereocenters. The van der Waals surface area contributed by atoms with Crippen LogP contribution in [-0.2, 0) is 11.2 Å². The molecular weight excluding hydrogens is 412 g/mol. The summed E-state index contributed by atoms with van der Waals surface area (Å²) in [6, 6.07) is 21.6. The second-order valence-corrected chi connectivity index (χ2v) is 10.00. The average Bonchev–Trinajstić information content (AvgIpc) is 3.33. The molecule has 6 rings (SSSR count). The molecule has 32 heavy (non-hydrogen) atoms. The molecule has 0 unspecified atom stereocenters. The Morgan fingerprint density at radius 2 is 1.66 bits per heavy atom. The Labute approximate surface area is 193 Å². The van der Waals surface area contributed by atoms with Gasteiger partial charge in [-0.2, -0.15) is 11.8 Å². The van der Waals surface area contributed by atoms with Crippen molar-refractivity contribution in [3.63, 3.8) is 0 Å².